The normalized spacial score (nSPS) is 15.7. The van der Waals surface area contributed by atoms with E-state index in [4.69, 9.17) is 5.73 Å². The molecule has 0 spiro atoms. The third kappa shape index (κ3) is 1.85. The molecule has 0 radical (unpaired) electrons. The molecule has 6 heteroatoms. The third-order valence-corrected chi connectivity index (χ3v) is 3.43. The van der Waals surface area contributed by atoms with Gasteiger partial charge in [0.1, 0.15) is 6.33 Å². The molecule has 0 aliphatic heterocycles. The van der Waals surface area contributed by atoms with Gasteiger partial charge in [-0.1, -0.05) is 0 Å². The van der Waals surface area contributed by atoms with E-state index in [0.29, 0.717) is 12.5 Å². The highest BCUT2D eigenvalue weighted by Crippen LogP contribution is 2.41. The van der Waals surface area contributed by atoms with E-state index in [1.165, 1.54) is 17.8 Å². The van der Waals surface area contributed by atoms with Gasteiger partial charge in [-0.15, -0.1) is 16.4 Å². The van der Waals surface area contributed by atoms with Gasteiger partial charge in [-0.05, 0) is 12.8 Å². The fourth-order valence-corrected chi connectivity index (χ4v) is 2.45. The van der Waals surface area contributed by atoms with E-state index in [1.54, 1.807) is 22.3 Å². The van der Waals surface area contributed by atoms with Crippen LogP contribution in [0.4, 0.5) is 5.95 Å². The number of nitrogens with two attached hydrogens (primary N) is 1. The zero-order valence-electron chi connectivity index (χ0n) is 8.13. The fourth-order valence-electron chi connectivity index (χ4n) is 1.46. The van der Waals surface area contributed by atoms with E-state index in [-0.39, 0.29) is 0 Å². The number of thiazole rings is 1. The predicted octanol–water partition coefficient (Wildman–Crippen LogP) is 1.24. The maximum absolute atomic E-state index is 5.43. The lowest BCUT2D eigenvalue weighted by atomic mass is 10.4. The van der Waals surface area contributed by atoms with Crippen molar-refractivity contribution in [2.24, 2.45) is 0 Å². The van der Waals surface area contributed by atoms with Gasteiger partial charge in [0.15, 0.2) is 0 Å². The van der Waals surface area contributed by atoms with Crippen LogP contribution in [0.1, 0.15) is 29.5 Å². The first kappa shape index (κ1) is 8.84. The van der Waals surface area contributed by atoms with Gasteiger partial charge in [0, 0.05) is 11.3 Å². The average Bonchev–Trinajstić information content (AvgIpc) is 2.84. The third-order valence-electron chi connectivity index (χ3n) is 2.37. The molecule has 0 amide bonds. The van der Waals surface area contributed by atoms with Crippen LogP contribution in [0.5, 0.6) is 0 Å². The van der Waals surface area contributed by atoms with E-state index in [0.717, 1.165) is 11.6 Å². The molecular formula is C9H11N5S. The van der Waals surface area contributed by atoms with Crippen LogP contribution in [0.15, 0.2) is 11.7 Å². The zero-order chi connectivity index (χ0) is 10.3. The highest BCUT2D eigenvalue weighted by Gasteiger charge is 2.26. The molecule has 0 unspecified atom stereocenters. The van der Waals surface area contributed by atoms with Crippen LogP contribution in [-0.4, -0.2) is 19.7 Å². The Morgan fingerprint density at radius 1 is 1.53 bits per heavy atom. The number of nitrogen functional groups attached to an aromatic ring is 1. The first-order chi connectivity index (χ1) is 7.31. The van der Waals surface area contributed by atoms with Gasteiger partial charge in [0.2, 0.25) is 5.95 Å². The second-order valence-corrected chi connectivity index (χ2v) is 4.64. The molecule has 0 atom stereocenters. The quantitative estimate of drug-likeness (QED) is 0.846. The molecule has 0 saturated heterocycles. The van der Waals surface area contributed by atoms with Gasteiger partial charge >= 0.3 is 0 Å². The molecule has 2 heterocycles. The van der Waals surface area contributed by atoms with Crippen LogP contribution < -0.4 is 5.73 Å². The van der Waals surface area contributed by atoms with Gasteiger partial charge in [0.05, 0.1) is 17.2 Å². The number of anilines is 1. The van der Waals surface area contributed by atoms with Crippen molar-refractivity contribution >= 4 is 17.3 Å². The lowest BCUT2D eigenvalue weighted by Crippen LogP contribution is -2.01. The number of hydrogen-bond donors (Lipinski definition) is 1. The van der Waals surface area contributed by atoms with Gasteiger partial charge in [0.25, 0.3) is 0 Å². The molecule has 3 rings (SSSR count). The number of hydrogen-bond acceptors (Lipinski definition) is 5. The van der Waals surface area contributed by atoms with E-state index in [1.807, 2.05) is 0 Å². The number of aromatic nitrogens is 4. The summed E-state index contributed by atoms with van der Waals surface area (Å²) in [4.78, 5) is 8.44. The number of nitrogens with zero attached hydrogens (tertiary/aromatic N) is 4. The van der Waals surface area contributed by atoms with Crippen molar-refractivity contribution in [1.82, 2.24) is 19.7 Å². The zero-order valence-corrected chi connectivity index (χ0v) is 8.94. The maximum atomic E-state index is 5.43. The molecule has 2 N–H and O–H groups in total. The Balaban J connectivity index is 1.75. The van der Waals surface area contributed by atoms with E-state index >= 15 is 0 Å². The average molecular weight is 221 g/mol. The molecule has 1 fully saturated rings. The second-order valence-electron chi connectivity index (χ2n) is 3.75. The van der Waals surface area contributed by atoms with Crippen molar-refractivity contribution in [3.8, 4) is 0 Å². The smallest absolute Gasteiger partial charge is 0.239 e. The molecule has 0 aromatic carbocycles. The SMILES string of the molecule is Nc1ncn(Cc2csc(C3CC3)n2)n1. The monoisotopic (exact) mass is 221 g/mol. The fraction of sp³-hybridized carbons (Fsp3) is 0.444. The van der Waals surface area contributed by atoms with Crippen molar-refractivity contribution in [1.29, 1.82) is 0 Å². The van der Waals surface area contributed by atoms with Crippen molar-refractivity contribution in [2.75, 3.05) is 5.73 Å². The summed E-state index contributed by atoms with van der Waals surface area (Å²) in [6.07, 6.45) is 4.22. The molecular weight excluding hydrogens is 210 g/mol. The summed E-state index contributed by atoms with van der Waals surface area (Å²) in [5.74, 6) is 1.04. The Bertz CT molecular complexity index is 470. The summed E-state index contributed by atoms with van der Waals surface area (Å²) in [5, 5.41) is 7.37. The van der Waals surface area contributed by atoms with E-state index in [2.05, 4.69) is 20.4 Å². The van der Waals surface area contributed by atoms with Crippen LogP contribution in [0.25, 0.3) is 0 Å². The van der Waals surface area contributed by atoms with Crippen LogP contribution in [0, 0.1) is 0 Å². The Morgan fingerprint density at radius 2 is 2.40 bits per heavy atom. The maximum Gasteiger partial charge on any atom is 0.239 e. The standard InChI is InChI=1S/C9H11N5S/c10-9-11-5-14(13-9)3-7-4-15-8(12-7)6-1-2-6/h4-6H,1-3H2,(H2,10,13). The van der Waals surface area contributed by atoms with Gasteiger partial charge in [-0.3, -0.25) is 0 Å². The first-order valence-corrected chi connectivity index (χ1v) is 5.78. The van der Waals surface area contributed by atoms with Crippen LogP contribution in [-0.2, 0) is 6.54 Å². The molecule has 2 aromatic heterocycles. The summed E-state index contributed by atoms with van der Waals surface area (Å²) in [7, 11) is 0. The summed E-state index contributed by atoms with van der Waals surface area (Å²) >= 11 is 1.74. The summed E-state index contributed by atoms with van der Waals surface area (Å²) < 4.78 is 1.71. The topological polar surface area (TPSA) is 69.6 Å². The largest absolute Gasteiger partial charge is 0.367 e. The molecule has 1 aliphatic carbocycles. The molecule has 15 heavy (non-hydrogen) atoms. The molecule has 5 nitrogen and oxygen atoms in total. The van der Waals surface area contributed by atoms with Crippen molar-refractivity contribution < 1.29 is 0 Å². The molecule has 2 aromatic rings. The molecule has 0 bridgehead atoms. The van der Waals surface area contributed by atoms with Gasteiger partial charge in [-0.25, -0.2) is 14.6 Å². The summed E-state index contributed by atoms with van der Waals surface area (Å²) in [6.45, 7) is 0.660. The summed E-state index contributed by atoms with van der Waals surface area (Å²) in [5.41, 5.74) is 6.48. The Kier molecular flexibility index (Phi) is 1.95. The summed E-state index contributed by atoms with van der Waals surface area (Å²) in [6, 6.07) is 0. The first-order valence-electron chi connectivity index (χ1n) is 4.90. The lowest BCUT2D eigenvalue weighted by molar-refractivity contribution is 0.674. The molecule has 1 aliphatic rings. The van der Waals surface area contributed by atoms with Gasteiger partial charge in [-0.2, -0.15) is 0 Å². The van der Waals surface area contributed by atoms with Crippen LogP contribution in [0.3, 0.4) is 0 Å². The second kappa shape index (κ2) is 3.30. The van der Waals surface area contributed by atoms with Crippen molar-refractivity contribution in [3.05, 3.63) is 22.4 Å². The highest BCUT2D eigenvalue weighted by atomic mass is 32.1. The molecule has 78 valence electrons. The highest BCUT2D eigenvalue weighted by molar-refractivity contribution is 7.09. The van der Waals surface area contributed by atoms with Crippen LogP contribution in [0.2, 0.25) is 0 Å². The van der Waals surface area contributed by atoms with Gasteiger partial charge < -0.3 is 5.73 Å². The van der Waals surface area contributed by atoms with Crippen molar-refractivity contribution in [2.45, 2.75) is 25.3 Å². The minimum absolute atomic E-state index is 0.313. The predicted molar refractivity (Wildman–Crippen MR) is 57.6 cm³/mol. The van der Waals surface area contributed by atoms with Crippen molar-refractivity contribution in [3.63, 3.8) is 0 Å². The minimum Gasteiger partial charge on any atom is -0.367 e. The minimum atomic E-state index is 0.313. The Hall–Kier alpha value is -1.43. The molecule has 1 saturated carbocycles. The van der Waals surface area contributed by atoms with E-state index in [9.17, 15) is 0 Å². The number of rotatable bonds is 3. The Morgan fingerprint density at radius 3 is 3.07 bits per heavy atom. The van der Waals surface area contributed by atoms with E-state index < -0.39 is 0 Å². The lowest BCUT2D eigenvalue weighted by Gasteiger charge is -1.94. The van der Waals surface area contributed by atoms with Crippen LogP contribution >= 0.6 is 11.3 Å². The Labute approximate surface area is 91.0 Å².